The van der Waals surface area contributed by atoms with Crippen LogP contribution in [-0.2, 0) is 24.2 Å². The molecule has 0 fully saturated rings. The third-order valence-electron chi connectivity index (χ3n) is 2.72. The molecule has 1 amide bonds. The summed E-state index contributed by atoms with van der Waals surface area (Å²) in [6, 6.07) is -0.449. The summed E-state index contributed by atoms with van der Waals surface area (Å²) in [5.74, 6) is -0.117. The standard InChI is InChI=1S/C11H17N3OS.2ClH/c1-7(12)11(15)13-6-10-14-8-4-2-3-5-9(8)16-10;;/h7H,2-6,12H2,1H3,(H,13,15);2*1H/t7-;;/m1../s1. The van der Waals surface area contributed by atoms with Crippen molar-refractivity contribution in [2.45, 2.75) is 45.2 Å². The number of nitrogens with two attached hydrogens (primary N) is 1. The van der Waals surface area contributed by atoms with Gasteiger partial charge in [0.25, 0.3) is 0 Å². The molecule has 18 heavy (non-hydrogen) atoms. The molecule has 104 valence electrons. The highest BCUT2D eigenvalue weighted by molar-refractivity contribution is 7.11. The Labute approximate surface area is 124 Å². The predicted octanol–water partition coefficient (Wildman–Crippen LogP) is 1.83. The lowest BCUT2D eigenvalue weighted by Gasteiger charge is -2.06. The van der Waals surface area contributed by atoms with Crippen LogP contribution in [0.5, 0.6) is 0 Å². The number of hydrogen-bond acceptors (Lipinski definition) is 4. The second kappa shape index (κ2) is 7.94. The van der Waals surface area contributed by atoms with Crippen LogP contribution in [0.2, 0.25) is 0 Å². The minimum absolute atomic E-state index is 0. The number of aryl methyl sites for hydroxylation is 2. The number of fused-ring (bicyclic) bond motifs is 1. The first-order valence-electron chi connectivity index (χ1n) is 5.67. The predicted molar refractivity (Wildman–Crippen MR) is 78.7 cm³/mol. The molecule has 1 aliphatic carbocycles. The molecule has 4 nitrogen and oxygen atoms in total. The van der Waals surface area contributed by atoms with Crippen molar-refractivity contribution in [3.05, 3.63) is 15.6 Å². The zero-order valence-corrected chi connectivity index (χ0v) is 12.7. The molecule has 0 aromatic carbocycles. The zero-order chi connectivity index (χ0) is 11.5. The smallest absolute Gasteiger partial charge is 0.236 e. The number of halogens is 2. The van der Waals surface area contributed by atoms with E-state index in [-0.39, 0.29) is 30.7 Å². The van der Waals surface area contributed by atoms with E-state index in [9.17, 15) is 4.79 Å². The van der Waals surface area contributed by atoms with Gasteiger partial charge in [0.05, 0.1) is 18.3 Å². The van der Waals surface area contributed by atoms with Crippen LogP contribution in [0.4, 0.5) is 0 Å². The van der Waals surface area contributed by atoms with Gasteiger partial charge in [-0.25, -0.2) is 4.98 Å². The largest absolute Gasteiger partial charge is 0.348 e. The lowest BCUT2D eigenvalue weighted by molar-refractivity contribution is -0.122. The average molecular weight is 312 g/mol. The molecule has 0 unspecified atom stereocenters. The van der Waals surface area contributed by atoms with Crippen molar-refractivity contribution in [3.63, 3.8) is 0 Å². The lowest BCUT2D eigenvalue weighted by atomic mass is 10.0. The quantitative estimate of drug-likeness (QED) is 0.895. The Morgan fingerprint density at radius 3 is 2.72 bits per heavy atom. The number of nitrogens with zero attached hydrogens (tertiary/aromatic N) is 1. The van der Waals surface area contributed by atoms with Gasteiger partial charge in [-0.2, -0.15) is 0 Å². The van der Waals surface area contributed by atoms with E-state index in [0.717, 1.165) is 17.8 Å². The van der Waals surface area contributed by atoms with E-state index >= 15 is 0 Å². The van der Waals surface area contributed by atoms with Crippen molar-refractivity contribution in [3.8, 4) is 0 Å². The Balaban J connectivity index is 0.00000144. The molecular formula is C11H19Cl2N3OS. The lowest BCUT2D eigenvalue weighted by Crippen LogP contribution is -2.37. The fourth-order valence-corrected chi connectivity index (χ4v) is 2.90. The van der Waals surface area contributed by atoms with Crippen LogP contribution in [0.3, 0.4) is 0 Å². The van der Waals surface area contributed by atoms with Gasteiger partial charge < -0.3 is 11.1 Å². The topological polar surface area (TPSA) is 68.0 Å². The first-order valence-corrected chi connectivity index (χ1v) is 6.49. The highest BCUT2D eigenvalue weighted by atomic mass is 35.5. The Hall–Kier alpha value is -0.360. The molecule has 1 atom stereocenters. The van der Waals surface area contributed by atoms with Gasteiger partial charge in [0, 0.05) is 4.88 Å². The first kappa shape index (κ1) is 17.6. The maximum Gasteiger partial charge on any atom is 0.236 e. The van der Waals surface area contributed by atoms with Crippen molar-refractivity contribution in [1.82, 2.24) is 10.3 Å². The van der Waals surface area contributed by atoms with Gasteiger partial charge in [0.2, 0.25) is 5.91 Å². The van der Waals surface area contributed by atoms with Crippen LogP contribution >= 0.6 is 36.2 Å². The number of rotatable bonds is 3. The minimum Gasteiger partial charge on any atom is -0.348 e. The van der Waals surface area contributed by atoms with Gasteiger partial charge in [-0.1, -0.05) is 0 Å². The maximum atomic E-state index is 11.3. The highest BCUT2D eigenvalue weighted by Crippen LogP contribution is 2.26. The van der Waals surface area contributed by atoms with Crippen LogP contribution in [-0.4, -0.2) is 16.9 Å². The normalized spacial score (nSPS) is 14.8. The van der Waals surface area contributed by atoms with Crippen molar-refractivity contribution < 1.29 is 4.79 Å². The molecule has 0 saturated carbocycles. The van der Waals surface area contributed by atoms with E-state index in [0.29, 0.717) is 6.54 Å². The molecule has 2 rings (SSSR count). The van der Waals surface area contributed by atoms with Crippen LogP contribution in [0.25, 0.3) is 0 Å². The van der Waals surface area contributed by atoms with Gasteiger partial charge >= 0.3 is 0 Å². The van der Waals surface area contributed by atoms with E-state index in [1.165, 1.54) is 23.4 Å². The van der Waals surface area contributed by atoms with E-state index < -0.39 is 6.04 Å². The van der Waals surface area contributed by atoms with Crippen molar-refractivity contribution in [1.29, 1.82) is 0 Å². The number of amides is 1. The molecule has 0 aliphatic heterocycles. The third kappa shape index (κ3) is 4.39. The molecule has 0 spiro atoms. The van der Waals surface area contributed by atoms with Crippen LogP contribution in [0.15, 0.2) is 0 Å². The zero-order valence-electron chi connectivity index (χ0n) is 10.3. The van der Waals surface area contributed by atoms with Crippen molar-refractivity contribution in [2.75, 3.05) is 0 Å². The molecule has 0 saturated heterocycles. The molecule has 3 N–H and O–H groups in total. The van der Waals surface area contributed by atoms with Gasteiger partial charge in [0.15, 0.2) is 0 Å². The molecule has 7 heteroatoms. The fraction of sp³-hybridized carbons (Fsp3) is 0.636. The summed E-state index contributed by atoms with van der Waals surface area (Å²) in [5, 5.41) is 3.79. The summed E-state index contributed by atoms with van der Waals surface area (Å²) in [6.07, 6.45) is 4.74. The van der Waals surface area contributed by atoms with E-state index in [1.807, 2.05) is 0 Å². The van der Waals surface area contributed by atoms with Gasteiger partial charge in [0.1, 0.15) is 5.01 Å². The second-order valence-corrected chi connectivity index (χ2v) is 5.36. The monoisotopic (exact) mass is 311 g/mol. The van der Waals surface area contributed by atoms with Crippen molar-refractivity contribution in [2.24, 2.45) is 5.73 Å². The van der Waals surface area contributed by atoms with Gasteiger partial charge in [-0.3, -0.25) is 4.79 Å². The van der Waals surface area contributed by atoms with Crippen LogP contribution in [0.1, 0.15) is 35.3 Å². The Bertz CT molecular complexity index is 372. The first-order chi connectivity index (χ1) is 7.66. The Morgan fingerprint density at radius 2 is 2.11 bits per heavy atom. The molecule has 0 radical (unpaired) electrons. The second-order valence-electron chi connectivity index (χ2n) is 4.19. The maximum absolute atomic E-state index is 11.3. The summed E-state index contributed by atoms with van der Waals surface area (Å²) in [6.45, 7) is 2.19. The molecule has 1 aromatic rings. The van der Waals surface area contributed by atoms with E-state index in [2.05, 4.69) is 10.3 Å². The fourth-order valence-electron chi connectivity index (χ4n) is 1.80. The Kier molecular flexibility index (Phi) is 7.78. The summed E-state index contributed by atoms with van der Waals surface area (Å²) in [5.41, 5.74) is 6.71. The SMILES string of the molecule is C[C@@H](N)C(=O)NCc1nc2c(s1)CCCC2.Cl.Cl. The number of carbonyl (C=O) groups is 1. The minimum atomic E-state index is -0.449. The summed E-state index contributed by atoms with van der Waals surface area (Å²) >= 11 is 1.72. The number of hydrogen-bond donors (Lipinski definition) is 2. The summed E-state index contributed by atoms with van der Waals surface area (Å²) in [7, 11) is 0. The summed E-state index contributed by atoms with van der Waals surface area (Å²) in [4.78, 5) is 17.2. The molecule has 1 aliphatic rings. The molecule has 1 heterocycles. The van der Waals surface area contributed by atoms with Crippen LogP contribution in [0, 0.1) is 0 Å². The number of carbonyl (C=O) groups excluding carboxylic acids is 1. The van der Waals surface area contributed by atoms with Crippen LogP contribution < -0.4 is 11.1 Å². The van der Waals surface area contributed by atoms with Gasteiger partial charge in [-0.05, 0) is 32.6 Å². The highest BCUT2D eigenvalue weighted by Gasteiger charge is 2.15. The molecular weight excluding hydrogens is 293 g/mol. The Morgan fingerprint density at radius 1 is 1.44 bits per heavy atom. The van der Waals surface area contributed by atoms with Crippen molar-refractivity contribution >= 4 is 42.1 Å². The number of thiazole rings is 1. The number of aromatic nitrogens is 1. The van der Waals surface area contributed by atoms with Gasteiger partial charge in [-0.15, -0.1) is 36.2 Å². The summed E-state index contributed by atoms with van der Waals surface area (Å²) < 4.78 is 0. The van der Waals surface area contributed by atoms with E-state index in [1.54, 1.807) is 18.3 Å². The third-order valence-corrected chi connectivity index (χ3v) is 3.87. The molecule has 0 bridgehead atoms. The van der Waals surface area contributed by atoms with E-state index in [4.69, 9.17) is 5.73 Å². The number of nitrogens with one attached hydrogen (secondary N) is 1. The molecule has 1 aromatic heterocycles. The average Bonchev–Trinajstić information content (AvgIpc) is 2.68.